The third kappa shape index (κ3) is 1.30. The quantitative estimate of drug-likeness (QED) is 0.442. The van der Waals surface area contributed by atoms with Crippen molar-refractivity contribution in [3.05, 3.63) is 0 Å². The number of hydrogen-bond acceptors (Lipinski definition) is 2. The summed E-state index contributed by atoms with van der Waals surface area (Å²) < 4.78 is 5.12. The first-order valence-electron chi connectivity index (χ1n) is 3.36. The number of nitrogens with one attached hydrogen (secondary N) is 1. The van der Waals surface area contributed by atoms with E-state index >= 15 is 0 Å². The van der Waals surface area contributed by atoms with Crippen LogP contribution < -0.4 is 0 Å². The number of ether oxygens (including phenoxy) is 1. The minimum Gasteiger partial charge on any atom is -0.364 e. The van der Waals surface area contributed by atoms with Gasteiger partial charge in [0.1, 0.15) is 6.10 Å². The molecule has 0 amide bonds. The van der Waals surface area contributed by atoms with E-state index in [1.165, 1.54) is 0 Å². The summed E-state index contributed by atoms with van der Waals surface area (Å²) in [5, 5.41) is 7.47. The monoisotopic (exact) mass is 127 g/mol. The van der Waals surface area contributed by atoms with Gasteiger partial charge in [-0.15, -0.1) is 0 Å². The molecule has 0 bridgehead atoms. The standard InChI is InChI=1S/C7H13NO/c1-4(2)6(8)7-5(3)9-7/h4-5,7-8H,1-3H3. The van der Waals surface area contributed by atoms with Crippen molar-refractivity contribution in [1.82, 2.24) is 0 Å². The van der Waals surface area contributed by atoms with Crippen molar-refractivity contribution < 1.29 is 4.74 Å². The lowest BCUT2D eigenvalue weighted by molar-refractivity contribution is 0.403. The summed E-state index contributed by atoms with van der Waals surface area (Å²) in [6, 6.07) is 0. The Kier molecular flexibility index (Phi) is 1.58. The van der Waals surface area contributed by atoms with Gasteiger partial charge >= 0.3 is 0 Å². The molecule has 1 rings (SSSR count). The van der Waals surface area contributed by atoms with Gasteiger partial charge in [0.15, 0.2) is 0 Å². The Morgan fingerprint density at radius 1 is 1.56 bits per heavy atom. The van der Waals surface area contributed by atoms with E-state index in [1.54, 1.807) is 0 Å². The van der Waals surface area contributed by atoms with Crippen LogP contribution >= 0.6 is 0 Å². The number of rotatable bonds is 2. The van der Waals surface area contributed by atoms with Gasteiger partial charge < -0.3 is 10.1 Å². The maximum atomic E-state index is 7.47. The molecule has 2 nitrogen and oxygen atoms in total. The van der Waals surface area contributed by atoms with E-state index in [2.05, 4.69) is 0 Å². The van der Waals surface area contributed by atoms with Crippen molar-refractivity contribution in [1.29, 1.82) is 5.41 Å². The summed E-state index contributed by atoms with van der Waals surface area (Å²) in [6.07, 6.45) is 0.449. The van der Waals surface area contributed by atoms with Crippen LogP contribution in [0.3, 0.4) is 0 Å². The zero-order chi connectivity index (χ0) is 7.02. The van der Waals surface area contributed by atoms with Crippen molar-refractivity contribution in [3.63, 3.8) is 0 Å². The van der Waals surface area contributed by atoms with E-state index in [9.17, 15) is 0 Å². The average Bonchev–Trinajstić information content (AvgIpc) is 2.44. The molecule has 1 aliphatic rings. The van der Waals surface area contributed by atoms with Gasteiger partial charge in [0.25, 0.3) is 0 Å². The smallest absolute Gasteiger partial charge is 0.121 e. The van der Waals surface area contributed by atoms with Crippen molar-refractivity contribution in [2.75, 3.05) is 0 Å². The molecule has 9 heavy (non-hydrogen) atoms. The second-order valence-electron chi connectivity index (χ2n) is 2.87. The highest BCUT2D eigenvalue weighted by molar-refractivity contribution is 5.89. The van der Waals surface area contributed by atoms with E-state index < -0.39 is 0 Å². The van der Waals surface area contributed by atoms with Crippen LogP contribution in [0.15, 0.2) is 0 Å². The summed E-state index contributed by atoms with van der Waals surface area (Å²) >= 11 is 0. The van der Waals surface area contributed by atoms with Crippen LogP contribution in [0.25, 0.3) is 0 Å². The van der Waals surface area contributed by atoms with Gasteiger partial charge in [-0.3, -0.25) is 0 Å². The van der Waals surface area contributed by atoms with Crippen LogP contribution in [0.1, 0.15) is 20.8 Å². The van der Waals surface area contributed by atoms with Gasteiger partial charge in [-0.25, -0.2) is 0 Å². The zero-order valence-electron chi connectivity index (χ0n) is 6.14. The van der Waals surface area contributed by atoms with Crippen LogP contribution in [0.5, 0.6) is 0 Å². The maximum Gasteiger partial charge on any atom is 0.121 e. The molecule has 0 aromatic rings. The first kappa shape index (κ1) is 6.75. The van der Waals surface area contributed by atoms with E-state index in [0.29, 0.717) is 12.0 Å². The predicted molar refractivity (Wildman–Crippen MR) is 36.9 cm³/mol. The summed E-state index contributed by atoms with van der Waals surface area (Å²) in [4.78, 5) is 0. The SMILES string of the molecule is CC(C)C(=N)C1OC1C. The molecule has 2 atom stereocenters. The third-order valence-electron chi connectivity index (χ3n) is 1.64. The summed E-state index contributed by atoms with van der Waals surface area (Å²) in [5.41, 5.74) is 0.738. The second kappa shape index (κ2) is 2.10. The van der Waals surface area contributed by atoms with Gasteiger partial charge in [0, 0.05) is 5.71 Å². The molecule has 2 heteroatoms. The summed E-state index contributed by atoms with van der Waals surface area (Å²) in [6.45, 7) is 6.05. The van der Waals surface area contributed by atoms with Gasteiger partial charge in [-0.1, -0.05) is 13.8 Å². The minimum absolute atomic E-state index is 0.144. The van der Waals surface area contributed by atoms with Crippen LogP contribution in [-0.4, -0.2) is 17.9 Å². The van der Waals surface area contributed by atoms with Crippen molar-refractivity contribution in [2.45, 2.75) is 33.0 Å². The number of epoxide rings is 1. The Morgan fingerprint density at radius 3 is 2.11 bits per heavy atom. The summed E-state index contributed by atoms with van der Waals surface area (Å²) in [7, 11) is 0. The zero-order valence-corrected chi connectivity index (χ0v) is 6.14. The molecule has 1 saturated heterocycles. The lowest BCUT2D eigenvalue weighted by Crippen LogP contribution is -2.14. The fourth-order valence-corrected chi connectivity index (χ4v) is 0.841. The Morgan fingerprint density at radius 2 is 2.00 bits per heavy atom. The van der Waals surface area contributed by atoms with Gasteiger partial charge in [-0.2, -0.15) is 0 Å². The lowest BCUT2D eigenvalue weighted by atomic mass is 10.0. The lowest BCUT2D eigenvalue weighted by Gasteiger charge is -2.01. The Labute approximate surface area is 55.7 Å². The van der Waals surface area contributed by atoms with Gasteiger partial charge in [0.2, 0.25) is 0 Å². The van der Waals surface area contributed by atoms with Crippen molar-refractivity contribution in [3.8, 4) is 0 Å². The molecular formula is C7H13NO. The fourth-order valence-electron chi connectivity index (χ4n) is 0.841. The van der Waals surface area contributed by atoms with E-state index in [4.69, 9.17) is 10.1 Å². The molecule has 0 spiro atoms. The average molecular weight is 127 g/mol. The van der Waals surface area contributed by atoms with E-state index in [0.717, 1.165) is 5.71 Å². The molecule has 52 valence electrons. The van der Waals surface area contributed by atoms with E-state index in [1.807, 2.05) is 20.8 Å². The normalized spacial score (nSPS) is 32.9. The number of hydrogen-bond donors (Lipinski definition) is 1. The maximum absolute atomic E-state index is 7.47. The topological polar surface area (TPSA) is 36.4 Å². The summed E-state index contributed by atoms with van der Waals surface area (Å²) in [5.74, 6) is 0.347. The van der Waals surface area contributed by atoms with Crippen molar-refractivity contribution in [2.24, 2.45) is 5.92 Å². The van der Waals surface area contributed by atoms with Crippen LogP contribution in [0.2, 0.25) is 0 Å². The third-order valence-corrected chi connectivity index (χ3v) is 1.64. The first-order valence-corrected chi connectivity index (χ1v) is 3.36. The Bertz CT molecular complexity index is 131. The van der Waals surface area contributed by atoms with E-state index in [-0.39, 0.29) is 6.10 Å². The molecule has 0 aliphatic carbocycles. The molecule has 0 saturated carbocycles. The molecule has 1 aliphatic heterocycles. The Hall–Kier alpha value is -0.370. The minimum atomic E-state index is 0.144. The van der Waals surface area contributed by atoms with Crippen LogP contribution in [0, 0.1) is 11.3 Å². The molecule has 0 radical (unpaired) electrons. The highest BCUT2D eigenvalue weighted by Crippen LogP contribution is 2.24. The highest BCUT2D eigenvalue weighted by atomic mass is 16.6. The second-order valence-corrected chi connectivity index (χ2v) is 2.87. The predicted octanol–water partition coefficient (Wildman–Crippen LogP) is 1.45. The van der Waals surface area contributed by atoms with Crippen LogP contribution in [0.4, 0.5) is 0 Å². The van der Waals surface area contributed by atoms with Gasteiger partial charge in [-0.05, 0) is 12.8 Å². The molecule has 1 N–H and O–H groups in total. The van der Waals surface area contributed by atoms with Gasteiger partial charge in [0.05, 0.1) is 6.10 Å². The first-order chi connectivity index (χ1) is 4.13. The molecule has 0 aromatic carbocycles. The molecule has 1 fully saturated rings. The molecule has 2 unspecified atom stereocenters. The molecule has 0 aromatic heterocycles. The molecule has 1 heterocycles. The van der Waals surface area contributed by atoms with Crippen LogP contribution in [-0.2, 0) is 4.74 Å². The molecular weight excluding hydrogens is 114 g/mol. The fraction of sp³-hybridized carbons (Fsp3) is 0.857. The largest absolute Gasteiger partial charge is 0.364 e. The van der Waals surface area contributed by atoms with Crippen molar-refractivity contribution >= 4 is 5.71 Å². The Balaban J connectivity index is 2.36. The highest BCUT2D eigenvalue weighted by Gasteiger charge is 2.38.